The number of esters is 1. The van der Waals surface area contributed by atoms with E-state index in [2.05, 4.69) is 6.92 Å². The van der Waals surface area contributed by atoms with Crippen molar-refractivity contribution in [2.24, 2.45) is 0 Å². The van der Waals surface area contributed by atoms with Gasteiger partial charge < -0.3 is 9.84 Å². The highest BCUT2D eigenvalue weighted by atomic mass is 16.5. The quantitative estimate of drug-likeness (QED) is 0.223. The molecule has 0 saturated heterocycles. The zero-order valence-electron chi connectivity index (χ0n) is 17.2. The van der Waals surface area contributed by atoms with E-state index in [0.717, 1.165) is 32.1 Å². The molecule has 0 saturated carbocycles. The summed E-state index contributed by atoms with van der Waals surface area (Å²) in [6.45, 7) is 6.19. The molecule has 0 amide bonds. The number of ether oxygens (including phenoxy) is 1. The smallest absolute Gasteiger partial charge is 0.306 e. The van der Waals surface area contributed by atoms with Crippen molar-refractivity contribution < 1.29 is 14.6 Å². The first-order valence-corrected chi connectivity index (χ1v) is 11.0. The van der Waals surface area contributed by atoms with Gasteiger partial charge in [0.15, 0.2) is 0 Å². The largest absolute Gasteiger partial charge is 0.463 e. The van der Waals surface area contributed by atoms with Crippen LogP contribution in [0.3, 0.4) is 0 Å². The predicted molar refractivity (Wildman–Crippen MR) is 107 cm³/mol. The topological polar surface area (TPSA) is 46.5 Å². The summed E-state index contributed by atoms with van der Waals surface area (Å²) >= 11 is 0. The van der Waals surface area contributed by atoms with E-state index in [-0.39, 0.29) is 18.2 Å². The van der Waals surface area contributed by atoms with Crippen LogP contribution in [-0.2, 0) is 9.53 Å². The second-order valence-electron chi connectivity index (χ2n) is 7.58. The fourth-order valence-corrected chi connectivity index (χ4v) is 3.03. The van der Waals surface area contributed by atoms with Crippen LogP contribution < -0.4 is 0 Å². The lowest BCUT2D eigenvalue weighted by molar-refractivity contribution is -0.148. The van der Waals surface area contributed by atoms with Crippen LogP contribution in [-0.4, -0.2) is 23.3 Å². The average Bonchev–Trinajstić information content (AvgIpc) is 2.59. The maximum absolute atomic E-state index is 11.5. The molecular weight excluding hydrogens is 312 g/mol. The molecule has 0 aromatic carbocycles. The van der Waals surface area contributed by atoms with Crippen molar-refractivity contribution in [2.75, 3.05) is 0 Å². The van der Waals surface area contributed by atoms with Gasteiger partial charge in [-0.3, -0.25) is 4.79 Å². The first-order valence-electron chi connectivity index (χ1n) is 11.0. The number of aliphatic hydroxyl groups excluding tert-OH is 1. The van der Waals surface area contributed by atoms with Crippen LogP contribution in [0.15, 0.2) is 0 Å². The van der Waals surface area contributed by atoms with Crippen molar-refractivity contribution in [3.8, 4) is 0 Å². The summed E-state index contributed by atoms with van der Waals surface area (Å²) in [5.41, 5.74) is 0. The molecule has 150 valence electrons. The Labute approximate surface area is 156 Å². The molecule has 0 radical (unpaired) electrons. The van der Waals surface area contributed by atoms with E-state index >= 15 is 0 Å². The van der Waals surface area contributed by atoms with Crippen molar-refractivity contribution >= 4 is 5.97 Å². The van der Waals surface area contributed by atoms with Crippen molar-refractivity contribution in [2.45, 2.75) is 136 Å². The van der Waals surface area contributed by atoms with Crippen LogP contribution in [0.5, 0.6) is 0 Å². The molecule has 0 bridgehead atoms. The van der Waals surface area contributed by atoms with Gasteiger partial charge >= 0.3 is 5.97 Å². The van der Waals surface area contributed by atoms with Gasteiger partial charge in [-0.1, -0.05) is 84.5 Å². The number of carbonyl (C=O) groups excluding carboxylic acids is 1. The highest BCUT2D eigenvalue weighted by molar-refractivity contribution is 5.69. The van der Waals surface area contributed by atoms with E-state index in [9.17, 15) is 9.90 Å². The normalized spacial score (nSPS) is 13.6. The lowest BCUT2D eigenvalue weighted by atomic mass is 10.0. The molecule has 0 fully saturated rings. The Bertz CT molecular complexity index is 291. The van der Waals surface area contributed by atoms with Gasteiger partial charge in [0.1, 0.15) is 0 Å². The van der Waals surface area contributed by atoms with Gasteiger partial charge in [0.2, 0.25) is 0 Å². The van der Waals surface area contributed by atoms with Crippen molar-refractivity contribution in [1.29, 1.82) is 0 Å². The highest BCUT2D eigenvalue weighted by Gasteiger charge is 2.07. The summed E-state index contributed by atoms with van der Waals surface area (Å²) in [6, 6.07) is 0. The third-order valence-electron chi connectivity index (χ3n) is 4.97. The van der Waals surface area contributed by atoms with Crippen molar-refractivity contribution in [1.82, 2.24) is 0 Å². The standard InChI is InChI=1S/C22H44O3/c1-4-6-14-17-21(23)18-15-12-10-8-7-9-11-13-16-19-22(24)25-20(3)5-2/h20-21,23H,4-19H2,1-3H3. The number of unbranched alkanes of at least 4 members (excludes halogenated alkanes) is 10. The Hall–Kier alpha value is -0.570. The molecule has 3 heteroatoms. The minimum atomic E-state index is -0.0708. The van der Waals surface area contributed by atoms with E-state index in [4.69, 9.17) is 4.74 Å². The van der Waals surface area contributed by atoms with Crippen LogP contribution in [0.1, 0.15) is 124 Å². The fourth-order valence-electron chi connectivity index (χ4n) is 3.03. The van der Waals surface area contributed by atoms with Gasteiger partial charge in [0.05, 0.1) is 12.2 Å². The zero-order valence-corrected chi connectivity index (χ0v) is 17.2. The van der Waals surface area contributed by atoms with Gasteiger partial charge in [-0.15, -0.1) is 0 Å². The molecule has 0 aliphatic carbocycles. The molecule has 0 aliphatic rings. The van der Waals surface area contributed by atoms with Crippen molar-refractivity contribution in [3.63, 3.8) is 0 Å². The summed E-state index contributed by atoms with van der Waals surface area (Å²) in [5, 5.41) is 9.87. The molecular formula is C22H44O3. The Morgan fingerprint density at radius 1 is 0.800 bits per heavy atom. The zero-order chi connectivity index (χ0) is 18.8. The third-order valence-corrected chi connectivity index (χ3v) is 4.97. The van der Waals surface area contributed by atoms with E-state index < -0.39 is 0 Å². The molecule has 1 N–H and O–H groups in total. The van der Waals surface area contributed by atoms with Gasteiger partial charge in [0.25, 0.3) is 0 Å². The minimum Gasteiger partial charge on any atom is -0.463 e. The van der Waals surface area contributed by atoms with Gasteiger partial charge in [-0.25, -0.2) is 0 Å². The average molecular weight is 357 g/mol. The van der Waals surface area contributed by atoms with Crippen molar-refractivity contribution in [3.05, 3.63) is 0 Å². The van der Waals surface area contributed by atoms with Crippen LogP contribution in [0.2, 0.25) is 0 Å². The van der Waals surface area contributed by atoms with Crippen LogP contribution in [0.25, 0.3) is 0 Å². The summed E-state index contributed by atoms with van der Waals surface area (Å²) in [7, 11) is 0. The molecule has 2 atom stereocenters. The summed E-state index contributed by atoms with van der Waals surface area (Å²) in [5.74, 6) is -0.0359. The molecule has 3 nitrogen and oxygen atoms in total. The molecule has 25 heavy (non-hydrogen) atoms. The number of hydrogen-bond acceptors (Lipinski definition) is 3. The fraction of sp³-hybridized carbons (Fsp3) is 0.955. The molecule has 0 rings (SSSR count). The SMILES string of the molecule is CCCCCC(O)CCCCCCCCCCCC(=O)OC(C)CC. The van der Waals surface area contributed by atoms with Gasteiger partial charge in [-0.2, -0.15) is 0 Å². The molecule has 0 aliphatic heterocycles. The second kappa shape index (κ2) is 18.2. The molecule has 0 heterocycles. The predicted octanol–water partition coefficient (Wildman–Crippen LogP) is 6.56. The first-order chi connectivity index (χ1) is 12.1. The Morgan fingerprint density at radius 3 is 1.80 bits per heavy atom. The van der Waals surface area contributed by atoms with E-state index in [1.54, 1.807) is 0 Å². The van der Waals surface area contributed by atoms with Gasteiger partial charge in [0, 0.05) is 6.42 Å². The van der Waals surface area contributed by atoms with Crippen LogP contribution >= 0.6 is 0 Å². The number of aliphatic hydroxyl groups is 1. The van der Waals surface area contributed by atoms with E-state index in [1.165, 1.54) is 64.2 Å². The van der Waals surface area contributed by atoms with Gasteiger partial charge in [-0.05, 0) is 32.6 Å². The Kier molecular flexibility index (Phi) is 17.8. The van der Waals surface area contributed by atoms with Crippen LogP contribution in [0.4, 0.5) is 0 Å². The molecule has 0 aromatic heterocycles. The van der Waals surface area contributed by atoms with E-state index in [0.29, 0.717) is 6.42 Å². The number of carbonyl (C=O) groups is 1. The number of rotatable bonds is 18. The molecule has 0 aromatic rings. The Morgan fingerprint density at radius 2 is 1.28 bits per heavy atom. The third kappa shape index (κ3) is 18.0. The first kappa shape index (κ1) is 24.4. The summed E-state index contributed by atoms with van der Waals surface area (Å²) in [6.07, 6.45) is 18.0. The lowest BCUT2D eigenvalue weighted by Crippen LogP contribution is -2.13. The molecule has 0 spiro atoms. The minimum absolute atomic E-state index is 0.0359. The monoisotopic (exact) mass is 356 g/mol. The molecule has 2 unspecified atom stereocenters. The second-order valence-corrected chi connectivity index (χ2v) is 7.58. The summed E-state index contributed by atoms with van der Waals surface area (Å²) < 4.78 is 5.27. The Balaban J connectivity index is 3.22. The summed E-state index contributed by atoms with van der Waals surface area (Å²) in [4.78, 5) is 11.5. The van der Waals surface area contributed by atoms with Crippen LogP contribution in [0, 0.1) is 0 Å². The van der Waals surface area contributed by atoms with E-state index in [1.807, 2.05) is 13.8 Å². The lowest BCUT2D eigenvalue weighted by Gasteiger charge is -2.10. The number of hydrogen-bond donors (Lipinski definition) is 1. The highest BCUT2D eigenvalue weighted by Crippen LogP contribution is 2.14. The maximum Gasteiger partial charge on any atom is 0.306 e. The maximum atomic E-state index is 11.5.